The molecule has 0 aliphatic rings. The van der Waals surface area contributed by atoms with E-state index in [0.29, 0.717) is 22.4 Å². The number of alkyl halides is 1. The average Bonchev–Trinajstić information content (AvgIpc) is 2.39. The monoisotopic (exact) mass is 334 g/mol. The number of benzene rings is 1. The number of ether oxygens (including phenoxy) is 2. The average molecular weight is 336 g/mol. The van der Waals surface area contributed by atoms with Gasteiger partial charge in [-0.05, 0) is 17.5 Å². The van der Waals surface area contributed by atoms with Crippen LogP contribution in [-0.2, 0) is 0 Å². The van der Waals surface area contributed by atoms with Crippen molar-refractivity contribution >= 4 is 27.5 Å². The van der Waals surface area contributed by atoms with Crippen LogP contribution in [0, 0.1) is 5.92 Å². The Balaban J connectivity index is 3.16. The molecule has 1 unspecified atom stereocenters. The third-order valence-electron chi connectivity index (χ3n) is 3.26. The van der Waals surface area contributed by atoms with Crippen molar-refractivity contribution in [3.63, 3.8) is 0 Å². The summed E-state index contributed by atoms with van der Waals surface area (Å²) >= 11 is 10.1. The largest absolute Gasteiger partial charge is 0.493 e. The molecule has 0 saturated heterocycles. The molecule has 1 rings (SSSR count). The molecule has 1 aromatic carbocycles. The van der Waals surface area contributed by atoms with E-state index in [0.717, 1.165) is 18.4 Å². The molecule has 0 heterocycles. The summed E-state index contributed by atoms with van der Waals surface area (Å²) < 4.78 is 10.6. The van der Waals surface area contributed by atoms with Crippen LogP contribution in [-0.4, -0.2) is 14.2 Å². The molecule has 18 heavy (non-hydrogen) atoms. The SMILES string of the molecule is CCC(CC)C(Br)c1cc(OC)c(OC)cc1Cl. The molecule has 0 bridgehead atoms. The minimum atomic E-state index is 0.236. The van der Waals surface area contributed by atoms with Crippen LogP contribution in [0.15, 0.2) is 12.1 Å². The Kier molecular flexibility index (Phi) is 6.30. The Morgan fingerprint density at radius 1 is 1.11 bits per heavy atom. The van der Waals surface area contributed by atoms with Crippen LogP contribution < -0.4 is 9.47 Å². The van der Waals surface area contributed by atoms with Gasteiger partial charge in [0, 0.05) is 15.9 Å². The van der Waals surface area contributed by atoms with Crippen molar-refractivity contribution in [3.05, 3.63) is 22.7 Å². The van der Waals surface area contributed by atoms with Crippen LogP contribution in [0.25, 0.3) is 0 Å². The maximum absolute atomic E-state index is 6.32. The molecule has 0 aliphatic heterocycles. The molecule has 0 spiro atoms. The quantitative estimate of drug-likeness (QED) is 0.663. The fourth-order valence-corrected chi connectivity index (χ4v) is 3.57. The molecule has 0 aliphatic carbocycles. The van der Waals surface area contributed by atoms with Crippen molar-refractivity contribution in [1.29, 1.82) is 0 Å². The fraction of sp³-hybridized carbons (Fsp3) is 0.571. The van der Waals surface area contributed by atoms with Gasteiger partial charge in [0.1, 0.15) is 0 Å². The zero-order valence-electron chi connectivity index (χ0n) is 11.3. The Morgan fingerprint density at radius 2 is 1.61 bits per heavy atom. The topological polar surface area (TPSA) is 18.5 Å². The number of methoxy groups -OCH3 is 2. The van der Waals surface area contributed by atoms with E-state index in [-0.39, 0.29) is 4.83 Å². The molecule has 0 N–H and O–H groups in total. The van der Waals surface area contributed by atoms with Crippen LogP contribution in [0.3, 0.4) is 0 Å². The summed E-state index contributed by atoms with van der Waals surface area (Å²) in [6.45, 7) is 4.38. The Morgan fingerprint density at radius 3 is 2.06 bits per heavy atom. The first-order valence-electron chi connectivity index (χ1n) is 6.14. The summed E-state index contributed by atoms with van der Waals surface area (Å²) in [5, 5.41) is 0.710. The molecule has 0 aromatic heterocycles. The van der Waals surface area contributed by atoms with Crippen LogP contribution in [0.5, 0.6) is 11.5 Å². The second kappa shape index (κ2) is 7.25. The van der Waals surface area contributed by atoms with Gasteiger partial charge < -0.3 is 9.47 Å². The highest BCUT2D eigenvalue weighted by Crippen LogP contribution is 2.43. The van der Waals surface area contributed by atoms with Gasteiger partial charge in [-0.25, -0.2) is 0 Å². The standard InChI is InChI=1S/C14H20BrClO2/c1-5-9(6-2)14(15)10-7-12(17-3)13(18-4)8-11(10)16/h7-9,14H,5-6H2,1-4H3. The molecule has 0 fully saturated rings. The lowest BCUT2D eigenvalue weighted by molar-refractivity contribution is 0.354. The molecular weight excluding hydrogens is 316 g/mol. The third kappa shape index (κ3) is 3.33. The van der Waals surface area contributed by atoms with Gasteiger partial charge >= 0.3 is 0 Å². The van der Waals surface area contributed by atoms with Gasteiger partial charge in [-0.3, -0.25) is 0 Å². The van der Waals surface area contributed by atoms with Gasteiger partial charge in [-0.2, -0.15) is 0 Å². The molecular formula is C14H20BrClO2. The highest BCUT2D eigenvalue weighted by molar-refractivity contribution is 9.09. The lowest BCUT2D eigenvalue weighted by Crippen LogP contribution is -2.06. The number of rotatable bonds is 6. The van der Waals surface area contributed by atoms with Crippen LogP contribution >= 0.6 is 27.5 Å². The van der Waals surface area contributed by atoms with Gasteiger partial charge in [-0.1, -0.05) is 54.2 Å². The first-order chi connectivity index (χ1) is 8.58. The lowest BCUT2D eigenvalue weighted by Gasteiger charge is -2.22. The van der Waals surface area contributed by atoms with Crippen molar-refractivity contribution in [1.82, 2.24) is 0 Å². The first-order valence-corrected chi connectivity index (χ1v) is 7.43. The van der Waals surface area contributed by atoms with Gasteiger partial charge in [0.25, 0.3) is 0 Å². The lowest BCUT2D eigenvalue weighted by atomic mass is 9.94. The van der Waals surface area contributed by atoms with Gasteiger partial charge in [0.05, 0.1) is 14.2 Å². The van der Waals surface area contributed by atoms with E-state index in [1.54, 1.807) is 14.2 Å². The van der Waals surface area contributed by atoms with Crippen LogP contribution in [0.4, 0.5) is 0 Å². The van der Waals surface area contributed by atoms with Gasteiger partial charge in [-0.15, -0.1) is 0 Å². The Labute approximate surface area is 123 Å². The molecule has 4 heteroatoms. The molecule has 2 nitrogen and oxygen atoms in total. The number of hydrogen-bond donors (Lipinski definition) is 0. The summed E-state index contributed by atoms with van der Waals surface area (Å²) in [5.41, 5.74) is 1.06. The second-order valence-electron chi connectivity index (χ2n) is 4.21. The maximum atomic E-state index is 6.32. The van der Waals surface area contributed by atoms with Crippen LogP contribution in [0.2, 0.25) is 5.02 Å². The van der Waals surface area contributed by atoms with Crippen molar-refractivity contribution < 1.29 is 9.47 Å². The van der Waals surface area contributed by atoms with E-state index in [1.807, 2.05) is 12.1 Å². The van der Waals surface area contributed by atoms with E-state index in [9.17, 15) is 0 Å². The van der Waals surface area contributed by atoms with Crippen LogP contribution in [0.1, 0.15) is 37.1 Å². The number of hydrogen-bond acceptors (Lipinski definition) is 2. The molecule has 0 amide bonds. The van der Waals surface area contributed by atoms with Crippen molar-refractivity contribution in [3.8, 4) is 11.5 Å². The van der Waals surface area contributed by atoms with E-state index >= 15 is 0 Å². The van der Waals surface area contributed by atoms with E-state index in [1.165, 1.54) is 0 Å². The summed E-state index contributed by atoms with van der Waals surface area (Å²) in [7, 11) is 3.25. The fourth-order valence-electron chi connectivity index (χ4n) is 2.04. The first kappa shape index (κ1) is 15.6. The van der Waals surface area contributed by atoms with Crippen molar-refractivity contribution in [2.24, 2.45) is 5.92 Å². The van der Waals surface area contributed by atoms with Gasteiger partial charge in [0.2, 0.25) is 0 Å². The molecule has 1 atom stereocenters. The summed E-state index contributed by atoms with van der Waals surface area (Å²) in [6, 6.07) is 3.77. The predicted octanol–water partition coefficient (Wildman–Crippen LogP) is 5.23. The van der Waals surface area contributed by atoms with Crippen molar-refractivity contribution in [2.45, 2.75) is 31.5 Å². The summed E-state index contributed by atoms with van der Waals surface area (Å²) in [6.07, 6.45) is 2.22. The second-order valence-corrected chi connectivity index (χ2v) is 5.60. The van der Waals surface area contributed by atoms with E-state index in [4.69, 9.17) is 21.1 Å². The summed E-state index contributed by atoms with van der Waals surface area (Å²) in [5.74, 6) is 1.93. The van der Waals surface area contributed by atoms with Crippen molar-refractivity contribution in [2.75, 3.05) is 14.2 Å². The zero-order chi connectivity index (χ0) is 13.7. The third-order valence-corrected chi connectivity index (χ3v) is 4.83. The highest BCUT2D eigenvalue weighted by Gasteiger charge is 2.22. The number of halogens is 2. The van der Waals surface area contributed by atoms with E-state index < -0.39 is 0 Å². The molecule has 102 valence electrons. The Hall–Kier alpha value is -0.410. The summed E-state index contributed by atoms with van der Waals surface area (Å²) in [4.78, 5) is 0.236. The zero-order valence-corrected chi connectivity index (χ0v) is 13.6. The minimum absolute atomic E-state index is 0.236. The molecule has 0 saturated carbocycles. The van der Waals surface area contributed by atoms with Gasteiger partial charge in [0.15, 0.2) is 11.5 Å². The van der Waals surface area contributed by atoms with E-state index in [2.05, 4.69) is 29.8 Å². The highest BCUT2D eigenvalue weighted by atomic mass is 79.9. The normalized spacial score (nSPS) is 12.6. The minimum Gasteiger partial charge on any atom is -0.493 e. The maximum Gasteiger partial charge on any atom is 0.162 e. The molecule has 0 radical (unpaired) electrons. The Bertz CT molecular complexity index is 392. The molecule has 1 aromatic rings. The predicted molar refractivity (Wildman–Crippen MR) is 80.3 cm³/mol. The smallest absolute Gasteiger partial charge is 0.162 e.